The van der Waals surface area contributed by atoms with Gasteiger partial charge in [0.15, 0.2) is 0 Å². The molecule has 112 valence electrons. The van der Waals surface area contributed by atoms with E-state index in [1.165, 1.54) is 0 Å². The lowest BCUT2D eigenvalue weighted by molar-refractivity contribution is -0.264. The number of halogens is 2. The molecule has 1 aliphatic heterocycles. The molecule has 0 aromatic carbocycles. The summed E-state index contributed by atoms with van der Waals surface area (Å²) < 4.78 is 38.0. The van der Waals surface area contributed by atoms with Crippen LogP contribution in [0.1, 0.15) is 40.0 Å². The van der Waals surface area contributed by atoms with E-state index in [1.54, 1.807) is 0 Å². The van der Waals surface area contributed by atoms with Crippen molar-refractivity contribution in [2.24, 2.45) is 5.92 Å². The SMILES string of the molecule is CCCOCC(C)C1CCC(F)(F)C(C)(C(=O)O)O1. The molecule has 0 aromatic rings. The van der Waals surface area contributed by atoms with Gasteiger partial charge in [-0.3, -0.25) is 0 Å². The maximum absolute atomic E-state index is 13.7. The molecule has 4 nitrogen and oxygen atoms in total. The molecule has 1 N–H and O–H groups in total. The highest BCUT2D eigenvalue weighted by atomic mass is 19.3. The first-order valence-electron chi connectivity index (χ1n) is 6.61. The van der Waals surface area contributed by atoms with E-state index in [0.29, 0.717) is 13.2 Å². The molecule has 3 unspecified atom stereocenters. The second kappa shape index (κ2) is 6.13. The summed E-state index contributed by atoms with van der Waals surface area (Å²) in [6.07, 6.45) is 0.0337. The predicted octanol–water partition coefficient (Wildman–Crippen LogP) is 2.71. The topological polar surface area (TPSA) is 55.8 Å². The van der Waals surface area contributed by atoms with E-state index in [9.17, 15) is 13.6 Å². The summed E-state index contributed by atoms with van der Waals surface area (Å²) in [6, 6.07) is 0. The highest BCUT2D eigenvalue weighted by Gasteiger charge is 2.61. The van der Waals surface area contributed by atoms with Gasteiger partial charge in [0.2, 0.25) is 5.60 Å². The average molecular weight is 280 g/mol. The number of rotatable bonds is 6. The van der Waals surface area contributed by atoms with Gasteiger partial charge in [0.25, 0.3) is 5.92 Å². The summed E-state index contributed by atoms with van der Waals surface area (Å²) in [5.74, 6) is -5.08. The fourth-order valence-corrected chi connectivity index (χ4v) is 2.14. The van der Waals surface area contributed by atoms with Gasteiger partial charge in [0.05, 0.1) is 12.7 Å². The van der Waals surface area contributed by atoms with Crippen molar-refractivity contribution in [1.29, 1.82) is 0 Å². The third kappa shape index (κ3) is 3.42. The van der Waals surface area contributed by atoms with Crippen molar-refractivity contribution < 1.29 is 28.2 Å². The van der Waals surface area contributed by atoms with Crippen LogP contribution in [-0.2, 0) is 14.3 Å². The molecule has 1 heterocycles. The van der Waals surface area contributed by atoms with Crippen LogP contribution in [0, 0.1) is 5.92 Å². The minimum atomic E-state index is -3.35. The average Bonchev–Trinajstić information content (AvgIpc) is 2.32. The van der Waals surface area contributed by atoms with E-state index >= 15 is 0 Å². The van der Waals surface area contributed by atoms with E-state index in [2.05, 4.69) is 0 Å². The summed E-state index contributed by atoms with van der Waals surface area (Å²) in [5, 5.41) is 9.01. The number of alkyl halides is 2. The zero-order valence-electron chi connectivity index (χ0n) is 11.6. The standard InChI is InChI=1S/C13H22F2O4/c1-4-7-18-8-9(2)10-5-6-13(14,15)12(3,19-10)11(16)17/h9-10H,4-8H2,1-3H3,(H,16,17). The number of carboxylic acid groups (broad SMARTS) is 1. The first-order chi connectivity index (χ1) is 8.74. The normalized spacial score (nSPS) is 31.9. The van der Waals surface area contributed by atoms with Crippen molar-refractivity contribution in [1.82, 2.24) is 0 Å². The summed E-state index contributed by atoms with van der Waals surface area (Å²) in [6.45, 7) is 5.74. The van der Waals surface area contributed by atoms with Crippen molar-refractivity contribution in [3.8, 4) is 0 Å². The van der Waals surface area contributed by atoms with E-state index in [0.717, 1.165) is 13.3 Å². The molecule has 0 bridgehead atoms. The van der Waals surface area contributed by atoms with Crippen LogP contribution in [0.25, 0.3) is 0 Å². The molecule has 19 heavy (non-hydrogen) atoms. The van der Waals surface area contributed by atoms with Crippen LogP contribution in [0.2, 0.25) is 0 Å². The second-order valence-electron chi connectivity index (χ2n) is 5.29. The van der Waals surface area contributed by atoms with Gasteiger partial charge in [-0.25, -0.2) is 13.6 Å². The van der Waals surface area contributed by atoms with Crippen molar-refractivity contribution >= 4 is 5.97 Å². The van der Waals surface area contributed by atoms with Crippen LogP contribution < -0.4 is 0 Å². The number of aliphatic carboxylic acids is 1. The van der Waals surface area contributed by atoms with Gasteiger partial charge in [0, 0.05) is 18.9 Å². The Morgan fingerprint density at radius 2 is 2.21 bits per heavy atom. The van der Waals surface area contributed by atoms with Gasteiger partial charge < -0.3 is 14.6 Å². The minimum Gasteiger partial charge on any atom is -0.479 e. The molecular weight excluding hydrogens is 258 g/mol. The molecule has 0 aromatic heterocycles. The van der Waals surface area contributed by atoms with Crippen molar-refractivity contribution in [3.63, 3.8) is 0 Å². The Morgan fingerprint density at radius 1 is 1.58 bits per heavy atom. The highest BCUT2D eigenvalue weighted by molar-refractivity contribution is 5.78. The number of hydrogen-bond donors (Lipinski definition) is 1. The summed E-state index contributed by atoms with van der Waals surface area (Å²) >= 11 is 0. The molecule has 0 amide bonds. The molecule has 3 atom stereocenters. The van der Waals surface area contributed by atoms with E-state index in [4.69, 9.17) is 14.6 Å². The maximum Gasteiger partial charge on any atom is 0.342 e. The fraction of sp³-hybridized carbons (Fsp3) is 0.923. The second-order valence-corrected chi connectivity index (χ2v) is 5.29. The van der Waals surface area contributed by atoms with Crippen molar-refractivity contribution in [2.75, 3.05) is 13.2 Å². The summed E-state index contributed by atoms with van der Waals surface area (Å²) in [7, 11) is 0. The van der Waals surface area contributed by atoms with Crippen LogP contribution in [0.15, 0.2) is 0 Å². The van der Waals surface area contributed by atoms with Crippen molar-refractivity contribution in [3.05, 3.63) is 0 Å². The minimum absolute atomic E-state index is 0.110. The first kappa shape index (κ1) is 16.3. The van der Waals surface area contributed by atoms with Crippen molar-refractivity contribution in [2.45, 2.75) is 57.7 Å². The lowest BCUT2D eigenvalue weighted by Crippen LogP contribution is -2.60. The van der Waals surface area contributed by atoms with Crippen LogP contribution in [-0.4, -0.2) is 41.9 Å². The first-order valence-corrected chi connectivity index (χ1v) is 6.61. The lowest BCUT2D eigenvalue weighted by atomic mass is 9.86. The number of hydrogen-bond acceptors (Lipinski definition) is 3. The van der Waals surface area contributed by atoms with Gasteiger partial charge in [-0.15, -0.1) is 0 Å². The zero-order valence-corrected chi connectivity index (χ0v) is 11.6. The Hall–Kier alpha value is -0.750. The summed E-state index contributed by atoms with van der Waals surface area (Å²) in [5.41, 5.74) is -2.45. The van der Waals surface area contributed by atoms with Gasteiger partial charge in [-0.05, 0) is 19.8 Å². The highest BCUT2D eigenvalue weighted by Crippen LogP contribution is 2.43. The molecule has 0 radical (unpaired) electrons. The third-order valence-electron chi connectivity index (χ3n) is 3.60. The van der Waals surface area contributed by atoms with Crippen LogP contribution in [0.4, 0.5) is 8.78 Å². The van der Waals surface area contributed by atoms with Gasteiger partial charge in [-0.2, -0.15) is 0 Å². The molecule has 1 saturated heterocycles. The number of carboxylic acids is 1. The lowest BCUT2D eigenvalue weighted by Gasteiger charge is -2.43. The molecular formula is C13H22F2O4. The molecule has 1 rings (SSSR count). The smallest absolute Gasteiger partial charge is 0.342 e. The number of carbonyl (C=O) groups is 1. The fourth-order valence-electron chi connectivity index (χ4n) is 2.14. The van der Waals surface area contributed by atoms with Gasteiger partial charge in [0.1, 0.15) is 0 Å². The van der Waals surface area contributed by atoms with Gasteiger partial charge in [-0.1, -0.05) is 13.8 Å². The molecule has 1 aliphatic rings. The zero-order chi connectivity index (χ0) is 14.7. The molecule has 0 saturated carbocycles. The molecule has 6 heteroatoms. The van der Waals surface area contributed by atoms with Crippen LogP contribution >= 0.6 is 0 Å². The summed E-state index contributed by atoms with van der Waals surface area (Å²) in [4.78, 5) is 11.1. The Kier molecular flexibility index (Phi) is 5.26. The Labute approximate surface area is 112 Å². The maximum atomic E-state index is 13.7. The number of ether oxygens (including phenoxy) is 2. The Bertz CT molecular complexity index is 322. The van der Waals surface area contributed by atoms with E-state index in [1.807, 2.05) is 13.8 Å². The quantitative estimate of drug-likeness (QED) is 0.760. The van der Waals surface area contributed by atoms with E-state index in [-0.39, 0.29) is 12.3 Å². The molecule has 0 spiro atoms. The Morgan fingerprint density at radius 3 is 2.74 bits per heavy atom. The van der Waals surface area contributed by atoms with E-state index < -0.39 is 30.0 Å². The Balaban J connectivity index is 2.68. The van der Waals surface area contributed by atoms with Crippen LogP contribution in [0.3, 0.4) is 0 Å². The van der Waals surface area contributed by atoms with Crippen LogP contribution in [0.5, 0.6) is 0 Å². The van der Waals surface area contributed by atoms with Gasteiger partial charge >= 0.3 is 5.97 Å². The molecule has 1 fully saturated rings. The third-order valence-corrected chi connectivity index (χ3v) is 3.60. The largest absolute Gasteiger partial charge is 0.479 e. The molecule has 0 aliphatic carbocycles. The predicted molar refractivity (Wildman–Crippen MR) is 65.4 cm³/mol. The monoisotopic (exact) mass is 280 g/mol.